The van der Waals surface area contributed by atoms with Gasteiger partial charge in [0.2, 0.25) is 5.91 Å². The predicted octanol–water partition coefficient (Wildman–Crippen LogP) is 3.64. The lowest BCUT2D eigenvalue weighted by atomic mass is 9.92. The fourth-order valence-corrected chi connectivity index (χ4v) is 4.43. The summed E-state index contributed by atoms with van der Waals surface area (Å²) in [7, 11) is 0. The van der Waals surface area contributed by atoms with Crippen LogP contribution in [0, 0.1) is 18.3 Å². The van der Waals surface area contributed by atoms with Gasteiger partial charge < -0.3 is 20.4 Å². The number of amides is 2. The monoisotopic (exact) mass is 422 g/mol. The van der Waals surface area contributed by atoms with E-state index in [-0.39, 0.29) is 11.8 Å². The molecule has 1 saturated heterocycles. The zero-order valence-electron chi connectivity index (χ0n) is 18.2. The summed E-state index contributed by atoms with van der Waals surface area (Å²) in [6.07, 6.45) is 3.13. The van der Waals surface area contributed by atoms with E-state index in [1.54, 1.807) is 0 Å². The number of ether oxygens (including phenoxy) is 1. The van der Waals surface area contributed by atoms with Crippen LogP contribution in [0.1, 0.15) is 71.4 Å². The zero-order chi connectivity index (χ0) is 22.4. The summed E-state index contributed by atoms with van der Waals surface area (Å²) in [6.45, 7) is 5.76. The maximum absolute atomic E-state index is 12.4. The maximum atomic E-state index is 12.4. The predicted molar refractivity (Wildman–Crippen MR) is 119 cm³/mol. The second-order valence-corrected chi connectivity index (χ2v) is 7.97. The number of benzene rings is 1. The van der Waals surface area contributed by atoms with Crippen molar-refractivity contribution in [3.63, 3.8) is 0 Å². The molecule has 1 aromatic carbocycles. The number of carbonyl (C=O) groups is 2. The van der Waals surface area contributed by atoms with Gasteiger partial charge in [-0.25, -0.2) is 0 Å². The van der Waals surface area contributed by atoms with Gasteiger partial charge in [0.05, 0.1) is 11.1 Å². The Labute approximate surface area is 183 Å². The highest BCUT2D eigenvalue weighted by Gasteiger charge is 2.30. The normalized spacial score (nSPS) is 14.2. The number of hydrogen-bond acceptors (Lipinski definition) is 4. The molecule has 0 aliphatic carbocycles. The van der Waals surface area contributed by atoms with Crippen molar-refractivity contribution in [1.82, 2.24) is 4.57 Å². The van der Waals surface area contributed by atoms with Crippen molar-refractivity contribution >= 4 is 17.5 Å². The van der Waals surface area contributed by atoms with Gasteiger partial charge in [-0.2, -0.15) is 5.26 Å². The van der Waals surface area contributed by atoms with Gasteiger partial charge in [0.1, 0.15) is 6.07 Å². The van der Waals surface area contributed by atoms with Crippen LogP contribution in [-0.4, -0.2) is 29.6 Å². The zero-order valence-corrected chi connectivity index (χ0v) is 18.2. The molecule has 3 N–H and O–H groups in total. The van der Waals surface area contributed by atoms with Crippen LogP contribution < -0.4 is 11.1 Å². The largest absolute Gasteiger partial charge is 0.381 e. The molecule has 0 atom stereocenters. The third-order valence-electron chi connectivity index (χ3n) is 5.80. The van der Waals surface area contributed by atoms with Crippen LogP contribution in [0.15, 0.2) is 24.3 Å². The Bertz CT molecular complexity index is 997. The Balaban J connectivity index is 1.81. The number of primary amides is 1. The molecular weight excluding hydrogens is 392 g/mol. The highest BCUT2D eigenvalue weighted by Crippen LogP contribution is 2.35. The van der Waals surface area contributed by atoms with Crippen molar-refractivity contribution in [3.8, 4) is 6.07 Å². The first-order chi connectivity index (χ1) is 15.0. The van der Waals surface area contributed by atoms with Gasteiger partial charge in [-0.15, -0.1) is 0 Å². The van der Waals surface area contributed by atoms with Crippen LogP contribution in [-0.2, 0) is 22.5 Å². The van der Waals surface area contributed by atoms with Gasteiger partial charge >= 0.3 is 0 Å². The van der Waals surface area contributed by atoms with E-state index in [1.165, 1.54) is 0 Å². The fraction of sp³-hybridized carbons (Fsp3) is 0.458. The number of nitrogens with zero attached hydrogens (tertiary/aromatic N) is 2. The molecule has 1 fully saturated rings. The number of nitriles is 1. The van der Waals surface area contributed by atoms with Gasteiger partial charge in [-0.05, 0) is 50.3 Å². The van der Waals surface area contributed by atoms with Crippen LogP contribution in [0.3, 0.4) is 0 Å². The van der Waals surface area contributed by atoms with Crippen molar-refractivity contribution < 1.29 is 14.3 Å². The second-order valence-electron chi connectivity index (χ2n) is 7.97. The van der Waals surface area contributed by atoms with Crippen LogP contribution in [0.5, 0.6) is 0 Å². The van der Waals surface area contributed by atoms with Crippen molar-refractivity contribution in [2.45, 2.75) is 58.4 Å². The molecule has 164 valence electrons. The Morgan fingerprint density at radius 1 is 1.32 bits per heavy atom. The van der Waals surface area contributed by atoms with Gasteiger partial charge in [-0.1, -0.05) is 19.1 Å². The molecule has 1 aliphatic rings. The molecule has 2 heterocycles. The Morgan fingerprint density at radius 2 is 2.06 bits per heavy atom. The van der Waals surface area contributed by atoms with Gasteiger partial charge in [0.25, 0.3) is 5.91 Å². The van der Waals surface area contributed by atoms with E-state index < -0.39 is 5.91 Å². The molecule has 31 heavy (non-hydrogen) atoms. The van der Waals surface area contributed by atoms with E-state index in [0.717, 1.165) is 35.5 Å². The summed E-state index contributed by atoms with van der Waals surface area (Å²) >= 11 is 0. The SMILES string of the molecule is CCc1c(C(N)=O)c(C#N)c(C2CCOCC2)n1CCCC(=O)Nc1cccc(C)c1. The smallest absolute Gasteiger partial charge is 0.251 e. The van der Waals surface area contributed by atoms with Crippen molar-refractivity contribution in [1.29, 1.82) is 5.26 Å². The van der Waals surface area contributed by atoms with E-state index in [2.05, 4.69) is 16.0 Å². The van der Waals surface area contributed by atoms with Crippen molar-refractivity contribution in [2.24, 2.45) is 5.73 Å². The summed E-state index contributed by atoms with van der Waals surface area (Å²) in [5.41, 5.74) is 9.90. The Kier molecular flexibility index (Phi) is 7.48. The first kappa shape index (κ1) is 22.6. The quantitative estimate of drug-likeness (QED) is 0.676. The molecule has 1 aromatic heterocycles. The lowest BCUT2D eigenvalue weighted by Crippen LogP contribution is -2.20. The summed E-state index contributed by atoms with van der Waals surface area (Å²) in [4.78, 5) is 24.6. The van der Waals surface area contributed by atoms with E-state index in [9.17, 15) is 14.9 Å². The summed E-state index contributed by atoms with van der Waals surface area (Å²) in [5, 5.41) is 12.8. The minimum absolute atomic E-state index is 0.0564. The third kappa shape index (κ3) is 5.15. The van der Waals surface area contributed by atoms with Gasteiger partial charge in [0, 0.05) is 49.2 Å². The lowest BCUT2D eigenvalue weighted by Gasteiger charge is -2.25. The standard InChI is InChI=1S/C24H30N4O3/c1-3-20-22(24(26)30)19(15-25)23(17-9-12-31-13-10-17)28(20)11-5-8-21(29)27-18-7-4-6-16(2)14-18/h4,6-7,14,17H,3,5,8-13H2,1-2H3,(H2,26,30)(H,27,29). The molecule has 0 unspecified atom stereocenters. The first-order valence-corrected chi connectivity index (χ1v) is 10.9. The van der Waals surface area contributed by atoms with Crippen LogP contribution in [0.2, 0.25) is 0 Å². The van der Waals surface area contributed by atoms with E-state index in [0.29, 0.717) is 50.1 Å². The molecular formula is C24H30N4O3. The van der Waals surface area contributed by atoms with E-state index >= 15 is 0 Å². The fourth-order valence-electron chi connectivity index (χ4n) is 4.43. The molecule has 2 aromatic rings. The average Bonchev–Trinajstić information content (AvgIpc) is 3.08. The molecule has 0 saturated carbocycles. The summed E-state index contributed by atoms with van der Waals surface area (Å²) < 4.78 is 7.55. The first-order valence-electron chi connectivity index (χ1n) is 10.9. The number of aryl methyl sites for hydroxylation is 1. The molecule has 7 nitrogen and oxygen atoms in total. The van der Waals surface area contributed by atoms with E-state index in [1.807, 2.05) is 38.1 Å². The van der Waals surface area contributed by atoms with Gasteiger partial charge in [0.15, 0.2) is 0 Å². The highest BCUT2D eigenvalue weighted by atomic mass is 16.5. The highest BCUT2D eigenvalue weighted by molar-refractivity contribution is 5.97. The minimum Gasteiger partial charge on any atom is -0.381 e. The lowest BCUT2D eigenvalue weighted by molar-refractivity contribution is -0.116. The Hall–Kier alpha value is -3.11. The second kappa shape index (κ2) is 10.3. The van der Waals surface area contributed by atoms with Crippen LogP contribution in [0.4, 0.5) is 5.69 Å². The molecule has 3 rings (SSSR count). The molecule has 0 spiro atoms. The van der Waals surface area contributed by atoms with Crippen molar-refractivity contribution in [2.75, 3.05) is 18.5 Å². The van der Waals surface area contributed by atoms with Crippen LogP contribution >= 0.6 is 0 Å². The Morgan fingerprint density at radius 3 is 2.68 bits per heavy atom. The van der Waals surface area contributed by atoms with Crippen molar-refractivity contribution in [3.05, 3.63) is 52.3 Å². The average molecular weight is 423 g/mol. The molecule has 0 radical (unpaired) electrons. The third-order valence-corrected chi connectivity index (χ3v) is 5.80. The maximum Gasteiger partial charge on any atom is 0.251 e. The van der Waals surface area contributed by atoms with E-state index in [4.69, 9.17) is 10.5 Å². The number of aromatic nitrogens is 1. The summed E-state index contributed by atoms with van der Waals surface area (Å²) in [5.74, 6) is -0.486. The number of carbonyl (C=O) groups excluding carboxylic acids is 2. The molecule has 0 bridgehead atoms. The molecule has 1 aliphatic heterocycles. The number of nitrogens with one attached hydrogen (secondary N) is 1. The topological polar surface area (TPSA) is 110 Å². The number of rotatable bonds is 8. The number of hydrogen-bond donors (Lipinski definition) is 2. The molecule has 2 amide bonds. The number of anilines is 1. The molecule has 7 heteroatoms. The van der Waals surface area contributed by atoms with Crippen LogP contribution in [0.25, 0.3) is 0 Å². The summed E-state index contributed by atoms with van der Waals surface area (Å²) in [6, 6.07) is 9.92. The van der Waals surface area contributed by atoms with Gasteiger partial charge in [-0.3, -0.25) is 9.59 Å². The minimum atomic E-state index is -0.572. The number of nitrogens with two attached hydrogens (primary N) is 1.